The van der Waals surface area contributed by atoms with Gasteiger partial charge in [-0.2, -0.15) is 0 Å². The average Bonchev–Trinajstić information content (AvgIpc) is 3.62. The van der Waals surface area contributed by atoms with Crippen LogP contribution in [0.2, 0.25) is 0 Å². The summed E-state index contributed by atoms with van der Waals surface area (Å²) in [6.07, 6.45) is 2.92. The van der Waals surface area contributed by atoms with Crippen LogP contribution in [-0.4, -0.2) is 37.0 Å². The molecule has 2 N–H and O–H groups in total. The van der Waals surface area contributed by atoms with Gasteiger partial charge >= 0.3 is 0 Å². The summed E-state index contributed by atoms with van der Waals surface area (Å²) in [4.78, 5) is 35.8. The van der Waals surface area contributed by atoms with E-state index in [0.29, 0.717) is 24.1 Å². The van der Waals surface area contributed by atoms with Crippen molar-refractivity contribution < 1.29 is 9.90 Å². The Hall–Kier alpha value is -3.71. The van der Waals surface area contributed by atoms with Gasteiger partial charge in [0.05, 0.1) is 23.2 Å². The van der Waals surface area contributed by atoms with Gasteiger partial charge in [0.1, 0.15) is 5.82 Å². The van der Waals surface area contributed by atoms with E-state index in [2.05, 4.69) is 17.1 Å². The molecule has 1 amide bonds. The number of hydrogen-bond acceptors (Lipinski definition) is 4. The van der Waals surface area contributed by atoms with Crippen LogP contribution < -0.4 is 5.56 Å². The van der Waals surface area contributed by atoms with Crippen LogP contribution in [0, 0.1) is 0 Å². The van der Waals surface area contributed by atoms with Gasteiger partial charge in [0.15, 0.2) is 6.10 Å². The second-order valence-corrected chi connectivity index (χ2v) is 9.41. The molecule has 2 aliphatic rings. The molecule has 2 aromatic heterocycles. The summed E-state index contributed by atoms with van der Waals surface area (Å²) in [5.41, 5.74) is 3.56. The third-order valence-electron chi connectivity index (χ3n) is 7.37. The minimum absolute atomic E-state index is 0.150. The Morgan fingerprint density at radius 2 is 1.85 bits per heavy atom. The minimum atomic E-state index is -1.29. The average molecular weight is 455 g/mol. The highest BCUT2D eigenvalue weighted by molar-refractivity contribution is 5.91. The van der Waals surface area contributed by atoms with Crippen molar-refractivity contribution in [3.63, 3.8) is 0 Å². The highest BCUT2D eigenvalue weighted by atomic mass is 16.3. The molecule has 1 unspecified atom stereocenters. The SMILES string of the molecule is Cn1cc(C(O)C(=O)N2CCc3nc(C4(c5ccccc5)CC4)[nH]c(=O)c3C2)c2ccccc21. The molecule has 0 spiro atoms. The number of benzene rings is 2. The summed E-state index contributed by atoms with van der Waals surface area (Å²) in [7, 11) is 1.89. The molecule has 3 heterocycles. The summed E-state index contributed by atoms with van der Waals surface area (Å²) in [6, 6.07) is 17.9. The topological polar surface area (TPSA) is 91.2 Å². The molecule has 172 valence electrons. The lowest BCUT2D eigenvalue weighted by atomic mass is 9.94. The summed E-state index contributed by atoms with van der Waals surface area (Å²) in [5.74, 6) is 0.325. The van der Waals surface area contributed by atoms with Gasteiger partial charge in [0.2, 0.25) is 0 Å². The van der Waals surface area contributed by atoms with Crippen molar-refractivity contribution in [1.29, 1.82) is 0 Å². The van der Waals surface area contributed by atoms with E-state index in [-0.39, 0.29) is 17.5 Å². The van der Waals surface area contributed by atoms with Crippen LogP contribution in [0.5, 0.6) is 0 Å². The molecule has 1 saturated carbocycles. The maximum absolute atomic E-state index is 13.2. The first-order chi connectivity index (χ1) is 16.5. The predicted octanol–water partition coefficient (Wildman–Crippen LogP) is 2.96. The first kappa shape index (κ1) is 20.9. The van der Waals surface area contributed by atoms with Crippen molar-refractivity contribution in [2.75, 3.05) is 6.54 Å². The molecule has 1 atom stereocenters. The zero-order valence-corrected chi connectivity index (χ0v) is 19.0. The number of aliphatic hydroxyl groups excluding tert-OH is 1. The molecule has 34 heavy (non-hydrogen) atoms. The number of aryl methyl sites for hydroxylation is 1. The number of nitrogens with one attached hydrogen (secondary N) is 1. The van der Waals surface area contributed by atoms with Crippen LogP contribution in [-0.2, 0) is 30.2 Å². The van der Waals surface area contributed by atoms with Gasteiger partial charge < -0.3 is 19.6 Å². The van der Waals surface area contributed by atoms with Crippen LogP contribution >= 0.6 is 0 Å². The van der Waals surface area contributed by atoms with Crippen LogP contribution in [0.15, 0.2) is 65.6 Å². The maximum Gasteiger partial charge on any atom is 0.256 e. The van der Waals surface area contributed by atoms with Crippen LogP contribution in [0.3, 0.4) is 0 Å². The highest BCUT2D eigenvalue weighted by Crippen LogP contribution is 2.51. The number of aliphatic hydroxyl groups is 1. The van der Waals surface area contributed by atoms with Crippen LogP contribution in [0.4, 0.5) is 0 Å². The Kier molecular flexibility index (Phi) is 4.71. The summed E-state index contributed by atoms with van der Waals surface area (Å²) < 4.78 is 1.91. The number of rotatable bonds is 4. The monoisotopic (exact) mass is 454 g/mol. The molecule has 1 aliphatic heterocycles. The van der Waals surface area contributed by atoms with Gasteiger partial charge in [-0.1, -0.05) is 48.5 Å². The number of aromatic nitrogens is 3. The Labute approximate surface area is 196 Å². The molecule has 1 aliphatic carbocycles. The van der Waals surface area contributed by atoms with Crippen molar-refractivity contribution in [3.05, 3.63) is 99.4 Å². The number of carbonyl (C=O) groups excluding carboxylic acids is 1. The van der Waals surface area contributed by atoms with Crippen molar-refractivity contribution >= 4 is 16.8 Å². The van der Waals surface area contributed by atoms with Gasteiger partial charge in [-0.3, -0.25) is 9.59 Å². The molecule has 4 aromatic rings. The molecule has 1 fully saturated rings. The number of H-pyrrole nitrogens is 1. The molecule has 7 heteroatoms. The zero-order chi connectivity index (χ0) is 23.4. The van der Waals surface area contributed by atoms with Gasteiger partial charge in [0.25, 0.3) is 11.5 Å². The van der Waals surface area contributed by atoms with Crippen molar-refractivity contribution in [3.8, 4) is 0 Å². The quantitative estimate of drug-likeness (QED) is 0.496. The van der Waals surface area contributed by atoms with E-state index in [1.165, 1.54) is 5.56 Å². The van der Waals surface area contributed by atoms with E-state index in [0.717, 1.165) is 35.3 Å². The van der Waals surface area contributed by atoms with Crippen LogP contribution in [0.25, 0.3) is 10.9 Å². The molecule has 6 rings (SSSR count). The van der Waals surface area contributed by atoms with Gasteiger partial charge in [-0.15, -0.1) is 0 Å². The summed E-state index contributed by atoms with van der Waals surface area (Å²) in [6.45, 7) is 0.568. The fourth-order valence-electron chi connectivity index (χ4n) is 5.28. The molecular formula is C27H26N4O3. The predicted molar refractivity (Wildman–Crippen MR) is 128 cm³/mol. The second-order valence-electron chi connectivity index (χ2n) is 9.41. The fourth-order valence-corrected chi connectivity index (χ4v) is 5.28. The van der Waals surface area contributed by atoms with E-state index in [4.69, 9.17) is 4.98 Å². The standard InChI is InChI=1S/C27H26N4O3/c1-30-15-19(18-9-5-6-10-22(18)30)23(32)25(34)31-14-11-21-20(16-31)24(33)29-26(28-21)27(12-13-27)17-7-3-2-4-8-17/h2-10,15,23,32H,11-14,16H2,1H3,(H,28,29,33). The van der Waals surface area contributed by atoms with E-state index in [1.807, 2.05) is 54.1 Å². The Morgan fingerprint density at radius 3 is 2.62 bits per heavy atom. The van der Waals surface area contributed by atoms with Crippen molar-refractivity contribution in [2.45, 2.75) is 37.3 Å². The van der Waals surface area contributed by atoms with Gasteiger partial charge in [-0.05, 0) is 24.5 Å². The summed E-state index contributed by atoms with van der Waals surface area (Å²) >= 11 is 0. The van der Waals surface area contributed by atoms with E-state index in [9.17, 15) is 14.7 Å². The lowest BCUT2D eigenvalue weighted by molar-refractivity contribution is -0.141. The van der Waals surface area contributed by atoms with Crippen molar-refractivity contribution in [1.82, 2.24) is 19.4 Å². The lowest BCUT2D eigenvalue weighted by Gasteiger charge is -2.30. The first-order valence-electron chi connectivity index (χ1n) is 11.7. The van der Waals surface area contributed by atoms with Crippen LogP contribution in [0.1, 0.15) is 47.2 Å². The molecule has 7 nitrogen and oxygen atoms in total. The Morgan fingerprint density at radius 1 is 1.12 bits per heavy atom. The molecule has 2 aromatic carbocycles. The largest absolute Gasteiger partial charge is 0.378 e. The lowest BCUT2D eigenvalue weighted by Crippen LogP contribution is -2.42. The van der Waals surface area contributed by atoms with Gasteiger partial charge in [-0.25, -0.2) is 4.98 Å². The van der Waals surface area contributed by atoms with E-state index >= 15 is 0 Å². The number of hydrogen-bond donors (Lipinski definition) is 2. The van der Waals surface area contributed by atoms with E-state index in [1.54, 1.807) is 11.1 Å². The zero-order valence-electron chi connectivity index (χ0n) is 19.0. The minimum Gasteiger partial charge on any atom is -0.378 e. The van der Waals surface area contributed by atoms with Crippen molar-refractivity contribution in [2.24, 2.45) is 7.05 Å². The molecule has 0 bridgehead atoms. The Bertz CT molecular complexity index is 1470. The smallest absolute Gasteiger partial charge is 0.256 e. The third kappa shape index (κ3) is 3.19. The maximum atomic E-state index is 13.2. The summed E-state index contributed by atoms with van der Waals surface area (Å²) in [5, 5.41) is 11.8. The number of para-hydroxylation sites is 1. The molecule has 0 saturated heterocycles. The fraction of sp³-hybridized carbons (Fsp3) is 0.296. The number of carbonyl (C=O) groups is 1. The highest BCUT2D eigenvalue weighted by Gasteiger charge is 2.48. The number of fused-ring (bicyclic) bond motifs is 2. The number of amides is 1. The van der Waals surface area contributed by atoms with E-state index < -0.39 is 12.0 Å². The Balaban J connectivity index is 1.28. The molecule has 0 radical (unpaired) electrons. The second kappa shape index (κ2) is 7.67. The molecular weight excluding hydrogens is 428 g/mol. The number of nitrogens with zero attached hydrogens (tertiary/aromatic N) is 3. The van der Waals surface area contributed by atoms with Gasteiger partial charge in [0, 0.05) is 42.7 Å². The normalized spacial score (nSPS) is 17.4. The number of aromatic amines is 1. The third-order valence-corrected chi connectivity index (χ3v) is 7.37. The first-order valence-corrected chi connectivity index (χ1v) is 11.7.